The highest BCUT2D eigenvalue weighted by atomic mass is 35.5. The molecule has 0 radical (unpaired) electrons. The maximum absolute atomic E-state index is 13.9. The summed E-state index contributed by atoms with van der Waals surface area (Å²) in [6.07, 6.45) is 5.34. The zero-order chi connectivity index (χ0) is 30.0. The number of sulfonamides is 1. The molecule has 2 fully saturated rings. The largest absolute Gasteiger partial charge is 0.423 e. The Morgan fingerprint density at radius 2 is 1.49 bits per heavy atom. The third-order valence-corrected chi connectivity index (χ3v) is 10.6. The van der Waals surface area contributed by atoms with E-state index in [-0.39, 0.29) is 29.5 Å². The highest BCUT2D eigenvalue weighted by Crippen LogP contribution is 2.47. The van der Waals surface area contributed by atoms with E-state index >= 15 is 0 Å². The van der Waals surface area contributed by atoms with Crippen LogP contribution < -0.4 is 0 Å². The number of hydrogen-bond donors (Lipinski definition) is 0. The smallest absolute Gasteiger partial charge is 0.336 e. The number of ether oxygens (including phenoxy) is 2. The van der Waals surface area contributed by atoms with E-state index in [0.717, 1.165) is 22.7 Å². The summed E-state index contributed by atoms with van der Waals surface area (Å²) < 4.78 is 39.8. The van der Waals surface area contributed by atoms with E-state index in [1.165, 1.54) is 12.2 Å². The topological polar surface area (TPSA) is 131 Å². The van der Waals surface area contributed by atoms with E-state index in [0.29, 0.717) is 23.4 Å². The molecule has 3 atom stereocenters. The average Bonchev–Trinajstić information content (AvgIpc) is 3.39. The first-order valence-corrected chi connectivity index (χ1v) is 15.5. The molecule has 0 aromatic heterocycles. The number of imide groups is 1. The van der Waals surface area contributed by atoms with Crippen LogP contribution in [0.2, 0.25) is 5.02 Å². The van der Waals surface area contributed by atoms with Gasteiger partial charge in [-0.2, -0.15) is 4.31 Å². The predicted molar refractivity (Wildman–Crippen MR) is 150 cm³/mol. The van der Waals surface area contributed by atoms with Crippen LogP contribution in [-0.4, -0.2) is 65.6 Å². The number of nitrogens with zero attached hydrogens (tertiary/aromatic N) is 3. The summed E-state index contributed by atoms with van der Waals surface area (Å²) in [6, 6.07) is 13.1. The van der Waals surface area contributed by atoms with E-state index in [4.69, 9.17) is 21.1 Å². The number of piperidine rings is 1. The van der Waals surface area contributed by atoms with Crippen LogP contribution in [-0.2, 0) is 38.7 Å². The number of hydrogen-bond acceptors (Lipinski definition) is 9. The Morgan fingerprint density at radius 1 is 0.814 bits per heavy atom. The van der Waals surface area contributed by atoms with Crippen LogP contribution in [0.5, 0.6) is 0 Å². The Bertz CT molecular complexity index is 1780. The molecule has 43 heavy (non-hydrogen) atoms. The third-order valence-electron chi connectivity index (χ3n) is 8.38. The maximum atomic E-state index is 13.9. The lowest BCUT2D eigenvalue weighted by Crippen LogP contribution is -2.54. The normalized spacial score (nSPS) is 28.1. The maximum Gasteiger partial charge on any atom is 0.336 e. The van der Waals surface area contributed by atoms with E-state index in [1.807, 2.05) is 24.3 Å². The van der Waals surface area contributed by atoms with Gasteiger partial charge in [-0.25, -0.2) is 28.0 Å². The summed E-state index contributed by atoms with van der Waals surface area (Å²) in [5, 5.41) is 3.21. The van der Waals surface area contributed by atoms with Gasteiger partial charge >= 0.3 is 11.9 Å². The van der Waals surface area contributed by atoms with Crippen molar-refractivity contribution in [2.24, 2.45) is 11.8 Å². The van der Waals surface area contributed by atoms with Gasteiger partial charge in [-0.1, -0.05) is 48.0 Å². The molecule has 3 unspecified atom stereocenters. The zero-order valence-corrected chi connectivity index (χ0v) is 24.0. The molecule has 13 heteroatoms. The first-order chi connectivity index (χ1) is 20.6. The molecule has 4 aliphatic heterocycles. The minimum absolute atomic E-state index is 0.0993. The van der Waals surface area contributed by atoms with Gasteiger partial charge in [0.1, 0.15) is 5.92 Å². The second kappa shape index (κ2) is 10.3. The first-order valence-electron chi connectivity index (χ1n) is 13.7. The number of fused-ring (bicyclic) bond motifs is 3. The summed E-state index contributed by atoms with van der Waals surface area (Å²) in [5.74, 6) is -5.18. The van der Waals surface area contributed by atoms with Gasteiger partial charge in [-0.05, 0) is 48.2 Å². The van der Waals surface area contributed by atoms with Crippen LogP contribution in [0.15, 0.2) is 89.2 Å². The van der Waals surface area contributed by atoms with Gasteiger partial charge in [0.2, 0.25) is 10.0 Å². The molecular formula is C30H24ClN3O8S. The molecule has 0 N–H and O–H groups in total. The van der Waals surface area contributed by atoms with Crippen LogP contribution in [0, 0.1) is 11.8 Å². The number of carbonyl (C=O) groups is 4. The van der Waals surface area contributed by atoms with E-state index in [2.05, 4.69) is 0 Å². The number of halogens is 1. The summed E-state index contributed by atoms with van der Waals surface area (Å²) in [4.78, 5) is 51.6. The predicted octanol–water partition coefficient (Wildman–Crippen LogP) is 2.85. The Labute approximate surface area is 251 Å². The minimum Gasteiger partial charge on any atom is -0.423 e. The molecule has 2 saturated heterocycles. The second-order valence-corrected chi connectivity index (χ2v) is 13.0. The molecule has 0 saturated carbocycles. The Kier molecular flexibility index (Phi) is 6.62. The van der Waals surface area contributed by atoms with Crippen molar-refractivity contribution in [3.05, 3.63) is 101 Å². The summed E-state index contributed by atoms with van der Waals surface area (Å²) >= 11 is 6.12. The fourth-order valence-electron chi connectivity index (χ4n) is 6.49. The molecule has 0 bridgehead atoms. The van der Waals surface area contributed by atoms with Gasteiger partial charge in [-0.3, -0.25) is 9.59 Å². The van der Waals surface area contributed by atoms with Crippen molar-refractivity contribution in [3.63, 3.8) is 0 Å². The van der Waals surface area contributed by atoms with Crippen molar-refractivity contribution in [3.8, 4) is 0 Å². The number of amides is 2. The van der Waals surface area contributed by atoms with Crippen LogP contribution in [0.4, 0.5) is 0 Å². The lowest BCUT2D eigenvalue weighted by molar-refractivity contribution is -0.161. The fraction of sp³-hybridized carbons (Fsp3) is 0.267. The van der Waals surface area contributed by atoms with Crippen molar-refractivity contribution in [2.45, 2.75) is 29.8 Å². The van der Waals surface area contributed by atoms with E-state index in [9.17, 15) is 27.6 Å². The van der Waals surface area contributed by atoms with Crippen molar-refractivity contribution in [1.29, 1.82) is 0 Å². The highest BCUT2D eigenvalue weighted by molar-refractivity contribution is 7.89. The highest BCUT2D eigenvalue weighted by Gasteiger charge is 2.55. The van der Waals surface area contributed by atoms with Gasteiger partial charge in [0.05, 0.1) is 16.9 Å². The lowest BCUT2D eigenvalue weighted by Gasteiger charge is -2.40. The molecule has 7 rings (SSSR count). The average molecular weight is 622 g/mol. The van der Waals surface area contributed by atoms with Crippen LogP contribution >= 0.6 is 11.6 Å². The number of benzene rings is 2. The van der Waals surface area contributed by atoms with Crippen LogP contribution in [0.25, 0.3) is 0 Å². The molecule has 220 valence electrons. The van der Waals surface area contributed by atoms with Crippen molar-refractivity contribution in [2.75, 3.05) is 13.1 Å². The van der Waals surface area contributed by atoms with Crippen molar-refractivity contribution < 1.29 is 37.1 Å². The molecule has 0 spiro atoms. The SMILES string of the molecule is O=C1/C=C\C(=O)OC2=C(C=CC3C(=O)N(N4CCC(N5C(c6ccc(Cl)cc6)c6ccccc6S5(=O)=O)CC4)C(=O)C23)O1. The number of carbonyl (C=O) groups excluding carboxylic acids is 4. The monoisotopic (exact) mass is 621 g/mol. The molecule has 2 aromatic carbocycles. The number of rotatable bonds is 3. The van der Waals surface area contributed by atoms with Crippen molar-refractivity contribution >= 4 is 45.4 Å². The number of esters is 2. The van der Waals surface area contributed by atoms with Gasteiger partial charge in [0.15, 0.2) is 11.5 Å². The first kappa shape index (κ1) is 27.7. The molecule has 2 amide bonds. The fourth-order valence-corrected chi connectivity index (χ4v) is 8.68. The third kappa shape index (κ3) is 4.44. The van der Waals surface area contributed by atoms with Crippen LogP contribution in [0.3, 0.4) is 0 Å². The number of allylic oxidation sites excluding steroid dienone is 1. The lowest BCUT2D eigenvalue weighted by atomic mass is 9.88. The van der Waals surface area contributed by atoms with Gasteiger partial charge in [0.25, 0.3) is 11.8 Å². The molecule has 4 heterocycles. The summed E-state index contributed by atoms with van der Waals surface area (Å²) in [6.45, 7) is 0.453. The quantitative estimate of drug-likeness (QED) is 0.375. The standard InChI is InChI=1S/C30H24ClN3O8S/c31-18-7-5-17(6-8-18)27-20-3-1-2-4-23(20)43(39,40)34(27)19-13-15-32(16-14-19)33-29(37)21-9-10-22-28(26(21)30(33)38)42-25(36)12-11-24(35)41-22/h1-12,19,21,26-27H,13-16H2/b12-11-. The van der Waals surface area contributed by atoms with Gasteiger partial charge in [0, 0.05) is 36.3 Å². The molecule has 11 nitrogen and oxygen atoms in total. The van der Waals surface area contributed by atoms with E-state index in [1.54, 1.807) is 33.6 Å². The molecular weight excluding hydrogens is 598 g/mol. The van der Waals surface area contributed by atoms with Gasteiger partial charge < -0.3 is 9.47 Å². The minimum atomic E-state index is -3.83. The molecule has 2 aromatic rings. The Morgan fingerprint density at radius 3 is 2.21 bits per heavy atom. The second-order valence-electron chi connectivity index (χ2n) is 10.8. The Hall–Kier alpha value is -4.10. The molecule has 1 aliphatic carbocycles. The summed E-state index contributed by atoms with van der Waals surface area (Å²) in [5.41, 5.74) is 1.47. The summed E-state index contributed by atoms with van der Waals surface area (Å²) in [7, 11) is -3.83. The van der Waals surface area contributed by atoms with Gasteiger partial charge in [-0.15, -0.1) is 0 Å². The zero-order valence-electron chi connectivity index (χ0n) is 22.5. The molecule has 5 aliphatic rings. The van der Waals surface area contributed by atoms with Crippen LogP contribution in [0.1, 0.15) is 30.0 Å². The van der Waals surface area contributed by atoms with E-state index < -0.39 is 57.7 Å². The Balaban J connectivity index is 1.14. The number of hydrazine groups is 1. The van der Waals surface area contributed by atoms with Crippen molar-refractivity contribution in [1.82, 2.24) is 14.3 Å².